The lowest BCUT2D eigenvalue weighted by molar-refractivity contribution is -0.121. The summed E-state index contributed by atoms with van der Waals surface area (Å²) in [4.78, 5) is 11.4. The first-order valence-corrected chi connectivity index (χ1v) is 6.09. The summed E-state index contributed by atoms with van der Waals surface area (Å²) < 4.78 is 5.03. The van der Waals surface area contributed by atoms with Gasteiger partial charge in [0, 0.05) is 32.7 Å². The van der Waals surface area contributed by atoms with Gasteiger partial charge in [0.2, 0.25) is 5.91 Å². The fraction of sp³-hybridized carbons (Fsp3) is 0.917. The van der Waals surface area contributed by atoms with Crippen molar-refractivity contribution < 1.29 is 9.53 Å². The lowest BCUT2D eigenvalue weighted by Gasteiger charge is -2.13. The average Bonchev–Trinajstić information content (AvgIpc) is 2.24. The summed E-state index contributed by atoms with van der Waals surface area (Å²) in [5.41, 5.74) is 0. The first-order chi connectivity index (χ1) is 7.60. The van der Waals surface area contributed by atoms with Gasteiger partial charge in [-0.15, -0.1) is 0 Å². The first kappa shape index (κ1) is 15.4. The minimum Gasteiger partial charge on any atom is -0.384 e. The van der Waals surface area contributed by atoms with Crippen LogP contribution in [-0.4, -0.2) is 38.8 Å². The van der Waals surface area contributed by atoms with E-state index in [0.29, 0.717) is 12.3 Å². The zero-order valence-electron chi connectivity index (χ0n) is 11.0. The van der Waals surface area contributed by atoms with Gasteiger partial charge in [-0.3, -0.25) is 4.79 Å². The zero-order chi connectivity index (χ0) is 12.4. The number of rotatable bonds is 9. The molecular formula is C12H26N2O2. The number of hydrogen-bond donors (Lipinski definition) is 2. The van der Waals surface area contributed by atoms with Crippen LogP contribution in [0.3, 0.4) is 0 Å². The van der Waals surface area contributed by atoms with Crippen molar-refractivity contribution in [2.24, 2.45) is 5.92 Å². The number of methoxy groups -OCH3 is 1. The smallest absolute Gasteiger partial charge is 0.221 e. The number of carbonyl (C=O) groups excluding carboxylic acids is 1. The number of ether oxygens (including phenoxy) is 1. The second-order valence-electron chi connectivity index (χ2n) is 4.39. The maximum absolute atomic E-state index is 11.4. The van der Waals surface area contributed by atoms with E-state index < -0.39 is 0 Å². The summed E-state index contributed by atoms with van der Waals surface area (Å²) in [5, 5.41) is 6.19. The van der Waals surface area contributed by atoms with Gasteiger partial charge >= 0.3 is 0 Å². The summed E-state index contributed by atoms with van der Waals surface area (Å²) in [6.45, 7) is 8.59. The molecule has 16 heavy (non-hydrogen) atoms. The fourth-order valence-electron chi connectivity index (χ4n) is 1.34. The van der Waals surface area contributed by atoms with E-state index in [1.165, 1.54) is 0 Å². The van der Waals surface area contributed by atoms with Gasteiger partial charge in [0.15, 0.2) is 0 Å². The summed E-state index contributed by atoms with van der Waals surface area (Å²) >= 11 is 0. The molecule has 2 N–H and O–H groups in total. The summed E-state index contributed by atoms with van der Waals surface area (Å²) in [5.74, 6) is 0.615. The fourth-order valence-corrected chi connectivity index (χ4v) is 1.34. The Morgan fingerprint density at radius 1 is 1.38 bits per heavy atom. The van der Waals surface area contributed by atoms with Gasteiger partial charge in [-0.05, 0) is 25.8 Å². The highest BCUT2D eigenvalue weighted by molar-refractivity contribution is 5.76. The van der Waals surface area contributed by atoms with Crippen LogP contribution in [-0.2, 0) is 9.53 Å². The predicted octanol–water partition coefficient (Wildman–Crippen LogP) is 1.16. The van der Waals surface area contributed by atoms with E-state index >= 15 is 0 Å². The monoisotopic (exact) mass is 230 g/mol. The van der Waals surface area contributed by atoms with E-state index in [-0.39, 0.29) is 11.9 Å². The third-order valence-electron chi connectivity index (χ3n) is 2.49. The topological polar surface area (TPSA) is 50.4 Å². The van der Waals surface area contributed by atoms with Crippen LogP contribution in [0.15, 0.2) is 0 Å². The van der Waals surface area contributed by atoms with E-state index in [1.807, 2.05) is 6.92 Å². The molecule has 0 saturated heterocycles. The molecule has 0 aromatic heterocycles. The molecule has 1 amide bonds. The van der Waals surface area contributed by atoms with Crippen molar-refractivity contribution in [2.75, 3.05) is 26.8 Å². The Labute approximate surface area is 99.1 Å². The third kappa shape index (κ3) is 8.68. The molecule has 0 aromatic rings. The SMILES string of the molecule is CCC(C)NC(=O)CCNCC(C)COC. The predicted molar refractivity (Wildman–Crippen MR) is 66.4 cm³/mol. The third-order valence-corrected chi connectivity index (χ3v) is 2.49. The molecule has 0 aliphatic rings. The summed E-state index contributed by atoms with van der Waals surface area (Å²) in [6.07, 6.45) is 1.52. The maximum Gasteiger partial charge on any atom is 0.221 e. The highest BCUT2D eigenvalue weighted by Crippen LogP contribution is 1.93. The molecule has 2 atom stereocenters. The van der Waals surface area contributed by atoms with E-state index in [4.69, 9.17) is 4.74 Å². The van der Waals surface area contributed by atoms with Crippen LogP contribution >= 0.6 is 0 Å². The minimum absolute atomic E-state index is 0.126. The zero-order valence-corrected chi connectivity index (χ0v) is 11.0. The van der Waals surface area contributed by atoms with Crippen molar-refractivity contribution in [3.05, 3.63) is 0 Å². The van der Waals surface area contributed by atoms with Crippen LogP contribution in [0.5, 0.6) is 0 Å². The number of hydrogen-bond acceptors (Lipinski definition) is 3. The molecule has 0 aliphatic heterocycles. The molecule has 0 heterocycles. The molecule has 0 rings (SSSR count). The van der Waals surface area contributed by atoms with Crippen molar-refractivity contribution in [3.63, 3.8) is 0 Å². The van der Waals surface area contributed by atoms with Gasteiger partial charge in [-0.25, -0.2) is 0 Å². The van der Waals surface area contributed by atoms with E-state index in [0.717, 1.165) is 26.1 Å². The number of amides is 1. The van der Waals surface area contributed by atoms with Gasteiger partial charge in [-0.1, -0.05) is 13.8 Å². The van der Waals surface area contributed by atoms with Crippen LogP contribution in [0.25, 0.3) is 0 Å². The van der Waals surface area contributed by atoms with Crippen LogP contribution in [0, 0.1) is 5.92 Å². The van der Waals surface area contributed by atoms with Crippen molar-refractivity contribution in [1.82, 2.24) is 10.6 Å². The molecule has 2 unspecified atom stereocenters. The molecule has 4 nitrogen and oxygen atoms in total. The van der Waals surface area contributed by atoms with Gasteiger partial charge in [-0.2, -0.15) is 0 Å². The normalized spacial score (nSPS) is 14.5. The van der Waals surface area contributed by atoms with Crippen molar-refractivity contribution in [3.8, 4) is 0 Å². The molecule has 0 bridgehead atoms. The van der Waals surface area contributed by atoms with Gasteiger partial charge in [0.05, 0.1) is 0 Å². The summed E-state index contributed by atoms with van der Waals surface area (Å²) in [6, 6.07) is 0.278. The Morgan fingerprint density at radius 3 is 2.62 bits per heavy atom. The molecule has 0 aliphatic carbocycles. The highest BCUT2D eigenvalue weighted by atomic mass is 16.5. The van der Waals surface area contributed by atoms with Crippen LogP contribution < -0.4 is 10.6 Å². The summed E-state index contributed by atoms with van der Waals surface area (Å²) in [7, 11) is 1.70. The molecule has 0 spiro atoms. The standard InChI is InChI=1S/C12H26N2O2/c1-5-11(3)14-12(15)6-7-13-8-10(2)9-16-4/h10-11,13H,5-9H2,1-4H3,(H,14,15). The Kier molecular flexibility index (Phi) is 9.24. The molecule has 0 aromatic carbocycles. The van der Waals surface area contributed by atoms with Crippen LogP contribution in [0.2, 0.25) is 0 Å². The highest BCUT2D eigenvalue weighted by Gasteiger charge is 2.05. The van der Waals surface area contributed by atoms with Crippen LogP contribution in [0.4, 0.5) is 0 Å². The second kappa shape index (κ2) is 9.60. The van der Waals surface area contributed by atoms with Gasteiger partial charge < -0.3 is 15.4 Å². The van der Waals surface area contributed by atoms with E-state index in [2.05, 4.69) is 24.5 Å². The Hall–Kier alpha value is -0.610. The lowest BCUT2D eigenvalue weighted by Crippen LogP contribution is -2.34. The molecule has 4 heteroatoms. The Balaban J connectivity index is 3.40. The molecule has 0 fully saturated rings. The van der Waals surface area contributed by atoms with Crippen molar-refractivity contribution in [2.45, 2.75) is 39.7 Å². The molecule has 96 valence electrons. The molecule has 0 saturated carbocycles. The van der Waals surface area contributed by atoms with E-state index in [9.17, 15) is 4.79 Å². The average molecular weight is 230 g/mol. The first-order valence-electron chi connectivity index (χ1n) is 6.09. The number of nitrogens with one attached hydrogen (secondary N) is 2. The Bertz CT molecular complexity index is 186. The molecule has 0 radical (unpaired) electrons. The van der Waals surface area contributed by atoms with Crippen molar-refractivity contribution in [1.29, 1.82) is 0 Å². The van der Waals surface area contributed by atoms with Crippen molar-refractivity contribution >= 4 is 5.91 Å². The van der Waals surface area contributed by atoms with Crippen LogP contribution in [0.1, 0.15) is 33.6 Å². The Morgan fingerprint density at radius 2 is 2.06 bits per heavy atom. The molecular weight excluding hydrogens is 204 g/mol. The quantitative estimate of drug-likeness (QED) is 0.584. The number of carbonyl (C=O) groups is 1. The largest absolute Gasteiger partial charge is 0.384 e. The minimum atomic E-state index is 0.126. The van der Waals surface area contributed by atoms with Gasteiger partial charge in [0.25, 0.3) is 0 Å². The maximum atomic E-state index is 11.4. The lowest BCUT2D eigenvalue weighted by atomic mass is 10.2. The van der Waals surface area contributed by atoms with Gasteiger partial charge in [0.1, 0.15) is 0 Å². The van der Waals surface area contributed by atoms with E-state index in [1.54, 1.807) is 7.11 Å². The second-order valence-corrected chi connectivity index (χ2v) is 4.39.